The Morgan fingerprint density at radius 1 is 1.25 bits per heavy atom. The smallest absolute Gasteiger partial charge is 0.121 e. The summed E-state index contributed by atoms with van der Waals surface area (Å²) in [6.45, 7) is 9.69. The van der Waals surface area contributed by atoms with Gasteiger partial charge in [-0.05, 0) is 37.9 Å². The van der Waals surface area contributed by atoms with Crippen molar-refractivity contribution in [3.05, 3.63) is 23.7 Å². The van der Waals surface area contributed by atoms with Crippen LogP contribution in [-0.2, 0) is 0 Å². The molecule has 0 radical (unpaired) electrons. The quantitative estimate of drug-likeness (QED) is 0.754. The van der Waals surface area contributed by atoms with Crippen molar-refractivity contribution in [3.63, 3.8) is 0 Å². The van der Waals surface area contributed by atoms with Gasteiger partial charge < -0.3 is 9.73 Å². The third-order valence-corrected chi connectivity index (χ3v) is 2.83. The molecule has 0 aromatic carbocycles. The fourth-order valence-corrected chi connectivity index (χ4v) is 1.96. The summed E-state index contributed by atoms with van der Waals surface area (Å²) in [5.74, 6) is 2.88. The second kappa shape index (κ2) is 6.74. The summed E-state index contributed by atoms with van der Waals surface area (Å²) < 4.78 is 5.69. The molecule has 0 aliphatic rings. The predicted octanol–water partition coefficient (Wildman–Crippen LogP) is 4.06. The molecule has 1 N–H and O–H groups in total. The Morgan fingerprint density at radius 2 is 2.00 bits per heavy atom. The highest BCUT2D eigenvalue weighted by Gasteiger charge is 2.13. The zero-order chi connectivity index (χ0) is 12.0. The summed E-state index contributed by atoms with van der Waals surface area (Å²) in [5, 5.41) is 3.49. The van der Waals surface area contributed by atoms with E-state index in [1.54, 1.807) is 0 Å². The van der Waals surface area contributed by atoms with Crippen LogP contribution in [0.5, 0.6) is 0 Å². The van der Waals surface area contributed by atoms with Gasteiger partial charge in [-0.25, -0.2) is 0 Å². The third kappa shape index (κ3) is 4.40. The molecule has 1 aromatic rings. The summed E-state index contributed by atoms with van der Waals surface area (Å²) in [4.78, 5) is 0. The first-order valence-electron chi connectivity index (χ1n) is 6.43. The first kappa shape index (κ1) is 13.3. The topological polar surface area (TPSA) is 25.2 Å². The van der Waals surface area contributed by atoms with Gasteiger partial charge in [0.25, 0.3) is 0 Å². The summed E-state index contributed by atoms with van der Waals surface area (Å²) >= 11 is 0. The number of hydrogen-bond donors (Lipinski definition) is 1. The first-order chi connectivity index (χ1) is 7.63. The van der Waals surface area contributed by atoms with Crippen molar-refractivity contribution < 1.29 is 4.42 Å². The van der Waals surface area contributed by atoms with Crippen LogP contribution in [-0.4, -0.2) is 6.54 Å². The van der Waals surface area contributed by atoms with Gasteiger partial charge >= 0.3 is 0 Å². The second-order valence-corrected chi connectivity index (χ2v) is 4.88. The Hall–Kier alpha value is -0.760. The third-order valence-electron chi connectivity index (χ3n) is 2.83. The van der Waals surface area contributed by atoms with E-state index < -0.39 is 0 Å². The summed E-state index contributed by atoms with van der Waals surface area (Å²) in [7, 11) is 0. The molecule has 92 valence electrons. The van der Waals surface area contributed by atoms with Gasteiger partial charge in [0.2, 0.25) is 0 Å². The maximum absolute atomic E-state index is 5.69. The van der Waals surface area contributed by atoms with Crippen molar-refractivity contribution in [1.29, 1.82) is 0 Å². The average Bonchev–Trinajstić information content (AvgIpc) is 2.63. The lowest BCUT2D eigenvalue weighted by atomic mass is 10.0. The zero-order valence-electron chi connectivity index (χ0n) is 11.0. The van der Waals surface area contributed by atoms with Crippen LogP contribution in [0.15, 0.2) is 16.5 Å². The highest BCUT2D eigenvalue weighted by atomic mass is 16.3. The van der Waals surface area contributed by atoms with Crippen molar-refractivity contribution in [2.45, 2.75) is 53.0 Å². The van der Waals surface area contributed by atoms with Crippen LogP contribution in [0.4, 0.5) is 0 Å². The molecule has 1 heterocycles. The van der Waals surface area contributed by atoms with Crippen LogP contribution in [0, 0.1) is 12.8 Å². The minimum atomic E-state index is 0.387. The van der Waals surface area contributed by atoms with Crippen molar-refractivity contribution in [3.8, 4) is 0 Å². The van der Waals surface area contributed by atoms with E-state index in [0.717, 1.165) is 24.0 Å². The standard InChI is InChI=1S/C14H25NO/c1-5-15-13(8-6-7-11(2)3)14-10-9-12(4)16-14/h9-11,13,15H,5-8H2,1-4H3. The molecule has 0 spiro atoms. The van der Waals surface area contributed by atoms with E-state index >= 15 is 0 Å². The van der Waals surface area contributed by atoms with E-state index in [2.05, 4.69) is 32.2 Å². The molecule has 1 atom stereocenters. The van der Waals surface area contributed by atoms with E-state index in [1.807, 2.05) is 13.0 Å². The minimum Gasteiger partial charge on any atom is -0.465 e. The van der Waals surface area contributed by atoms with E-state index in [-0.39, 0.29) is 0 Å². The van der Waals surface area contributed by atoms with Gasteiger partial charge in [0.1, 0.15) is 11.5 Å². The lowest BCUT2D eigenvalue weighted by molar-refractivity contribution is 0.374. The Morgan fingerprint density at radius 3 is 2.50 bits per heavy atom. The Bertz CT molecular complexity index is 291. The highest BCUT2D eigenvalue weighted by Crippen LogP contribution is 2.22. The molecule has 16 heavy (non-hydrogen) atoms. The molecule has 2 heteroatoms. The van der Waals surface area contributed by atoms with Crippen molar-refractivity contribution >= 4 is 0 Å². The Labute approximate surface area is 99.4 Å². The first-order valence-corrected chi connectivity index (χ1v) is 6.43. The van der Waals surface area contributed by atoms with Crippen molar-refractivity contribution in [2.24, 2.45) is 5.92 Å². The molecule has 0 aliphatic carbocycles. The molecule has 1 rings (SSSR count). The molecule has 0 fully saturated rings. The lowest BCUT2D eigenvalue weighted by Gasteiger charge is -2.16. The van der Waals surface area contributed by atoms with Crippen LogP contribution >= 0.6 is 0 Å². The Balaban J connectivity index is 2.47. The SMILES string of the molecule is CCNC(CCCC(C)C)c1ccc(C)o1. The van der Waals surface area contributed by atoms with Gasteiger partial charge in [-0.1, -0.05) is 33.6 Å². The largest absolute Gasteiger partial charge is 0.465 e. The molecule has 1 aromatic heterocycles. The van der Waals surface area contributed by atoms with Gasteiger partial charge in [0, 0.05) is 0 Å². The number of furan rings is 1. The second-order valence-electron chi connectivity index (χ2n) is 4.88. The number of hydrogen-bond acceptors (Lipinski definition) is 2. The maximum atomic E-state index is 5.69. The van der Waals surface area contributed by atoms with Gasteiger partial charge in [-0.3, -0.25) is 0 Å². The van der Waals surface area contributed by atoms with Crippen LogP contribution in [0.25, 0.3) is 0 Å². The van der Waals surface area contributed by atoms with Crippen LogP contribution in [0.2, 0.25) is 0 Å². The summed E-state index contributed by atoms with van der Waals surface area (Å²) in [5.41, 5.74) is 0. The number of aryl methyl sites for hydroxylation is 1. The highest BCUT2D eigenvalue weighted by molar-refractivity contribution is 5.09. The molecule has 0 bridgehead atoms. The number of rotatable bonds is 7. The van der Waals surface area contributed by atoms with E-state index in [0.29, 0.717) is 6.04 Å². The van der Waals surface area contributed by atoms with Gasteiger partial charge in [0.15, 0.2) is 0 Å². The van der Waals surface area contributed by atoms with Gasteiger partial charge in [0.05, 0.1) is 6.04 Å². The van der Waals surface area contributed by atoms with Crippen LogP contribution in [0.3, 0.4) is 0 Å². The van der Waals surface area contributed by atoms with E-state index in [9.17, 15) is 0 Å². The molecular formula is C14H25NO. The number of nitrogens with one attached hydrogen (secondary N) is 1. The van der Waals surface area contributed by atoms with E-state index in [4.69, 9.17) is 4.42 Å². The summed E-state index contributed by atoms with van der Waals surface area (Å²) in [6, 6.07) is 4.53. The van der Waals surface area contributed by atoms with Gasteiger partial charge in [-0.15, -0.1) is 0 Å². The van der Waals surface area contributed by atoms with Gasteiger partial charge in [-0.2, -0.15) is 0 Å². The fourth-order valence-electron chi connectivity index (χ4n) is 1.96. The van der Waals surface area contributed by atoms with Crippen LogP contribution in [0.1, 0.15) is 57.6 Å². The predicted molar refractivity (Wildman–Crippen MR) is 68.6 cm³/mol. The molecule has 2 nitrogen and oxygen atoms in total. The minimum absolute atomic E-state index is 0.387. The summed E-state index contributed by atoms with van der Waals surface area (Å²) in [6.07, 6.45) is 3.72. The maximum Gasteiger partial charge on any atom is 0.121 e. The van der Waals surface area contributed by atoms with E-state index in [1.165, 1.54) is 19.3 Å². The molecule has 0 saturated carbocycles. The fraction of sp³-hybridized carbons (Fsp3) is 0.714. The average molecular weight is 223 g/mol. The van der Waals surface area contributed by atoms with Crippen molar-refractivity contribution in [1.82, 2.24) is 5.32 Å². The normalized spacial score (nSPS) is 13.3. The molecular weight excluding hydrogens is 198 g/mol. The van der Waals surface area contributed by atoms with Crippen molar-refractivity contribution in [2.75, 3.05) is 6.54 Å². The lowest BCUT2D eigenvalue weighted by Crippen LogP contribution is -2.20. The monoisotopic (exact) mass is 223 g/mol. The molecule has 1 unspecified atom stereocenters. The van der Waals surface area contributed by atoms with Crippen LogP contribution < -0.4 is 5.32 Å². The zero-order valence-corrected chi connectivity index (χ0v) is 11.0. The molecule has 0 saturated heterocycles. The Kier molecular flexibility index (Phi) is 5.61. The molecule has 0 aliphatic heterocycles. The molecule has 0 amide bonds.